The molecule has 0 spiro atoms. The summed E-state index contributed by atoms with van der Waals surface area (Å²) in [7, 11) is -9.64. The largest absolute Gasteiger partial charge is 0.398 e. The highest BCUT2D eigenvalue weighted by Gasteiger charge is 2.37. The van der Waals surface area contributed by atoms with Gasteiger partial charge in [-0.15, -0.1) is 11.3 Å². The maximum atomic E-state index is 14.9. The van der Waals surface area contributed by atoms with Crippen molar-refractivity contribution in [3.8, 4) is 6.07 Å². The van der Waals surface area contributed by atoms with E-state index in [1.54, 1.807) is 12.1 Å². The number of nitrogens with zero attached hydrogens (tertiary/aromatic N) is 1. The van der Waals surface area contributed by atoms with Crippen LogP contribution < -0.4 is 22.8 Å². The first-order valence-corrected chi connectivity index (χ1v) is 11.6. The number of nitrogens with two attached hydrogens (primary N) is 1. The van der Waals surface area contributed by atoms with Crippen LogP contribution in [0.3, 0.4) is 0 Å². The highest BCUT2D eigenvalue weighted by atomic mass is 32.2. The topological polar surface area (TPSA) is 224 Å². The molecule has 0 fully saturated rings. The van der Waals surface area contributed by atoms with E-state index in [2.05, 4.69) is 0 Å². The zero-order valence-corrected chi connectivity index (χ0v) is 17.8. The Labute approximate surface area is 175 Å². The molecule has 1 atom stereocenters. The molecule has 0 saturated heterocycles. The van der Waals surface area contributed by atoms with E-state index in [4.69, 9.17) is 5.73 Å². The average molecular weight is 475 g/mol. The number of benzene rings is 2. The van der Waals surface area contributed by atoms with Gasteiger partial charge in [0.25, 0.3) is 10.0 Å². The second-order valence-electron chi connectivity index (χ2n) is 5.74. The van der Waals surface area contributed by atoms with Crippen LogP contribution in [0.5, 0.6) is 0 Å². The van der Waals surface area contributed by atoms with Crippen LogP contribution >= 0.6 is 18.9 Å². The monoisotopic (exact) mass is 475 g/mol. The molecule has 14 heteroatoms. The lowest BCUT2D eigenvalue weighted by Gasteiger charge is -2.19. The molecule has 162 valence electrons. The Balaban J connectivity index is 0.00000225. The number of nitrogens with one attached hydrogen (secondary N) is 1. The molecule has 0 saturated carbocycles. The summed E-state index contributed by atoms with van der Waals surface area (Å²) >= 11 is 0.532. The molecule has 2 aromatic carbocycles. The van der Waals surface area contributed by atoms with E-state index in [1.807, 2.05) is 4.72 Å². The number of thiophene rings is 1. The van der Waals surface area contributed by atoms with Gasteiger partial charge in [-0.1, -0.05) is 30.3 Å². The van der Waals surface area contributed by atoms with Gasteiger partial charge < -0.3 is 27.8 Å². The van der Waals surface area contributed by atoms with E-state index in [0.717, 1.165) is 0 Å². The minimum Gasteiger partial charge on any atom is -0.398 e. The molecule has 30 heavy (non-hydrogen) atoms. The van der Waals surface area contributed by atoms with E-state index in [-0.39, 0.29) is 39.2 Å². The van der Waals surface area contributed by atoms with Gasteiger partial charge in [-0.2, -0.15) is 9.98 Å². The molecule has 10 nitrogen and oxygen atoms in total. The number of hydrogen-bond donors (Lipinski definition) is 6. The number of anilines is 1. The Morgan fingerprint density at radius 3 is 2.30 bits per heavy atom. The predicted molar refractivity (Wildman–Crippen MR) is 113 cm³/mol. The van der Waals surface area contributed by atoms with Gasteiger partial charge in [0.15, 0.2) is 10.0 Å². The molecular weight excluding hydrogens is 456 g/mol. The number of nitrogen functional groups attached to an aromatic ring is 1. The standard InChI is InChI=1S/C16H13FN3O5PS2.2H3N/c17-14-13-10(8-18)11(19)6-7-12(13)27-16(14)28(24,25)20-15(26(21,22)23)9-4-2-1-3-5-9;;/h1-7,15,20H,19H2,(H2,21,22,23);2*1H3. The van der Waals surface area contributed by atoms with Gasteiger partial charge in [-0.25, -0.2) is 12.8 Å². The Morgan fingerprint density at radius 1 is 1.17 bits per heavy atom. The maximum Gasteiger partial charge on any atom is 0.347 e. The summed E-state index contributed by atoms with van der Waals surface area (Å²) in [6.07, 6.45) is 0. The zero-order chi connectivity index (χ0) is 20.7. The Hall–Kier alpha value is -2.40. The van der Waals surface area contributed by atoms with Crippen molar-refractivity contribution in [2.75, 3.05) is 5.73 Å². The molecule has 11 N–H and O–H groups in total. The highest BCUT2D eigenvalue weighted by molar-refractivity contribution is 7.92. The SMILES string of the molecule is N.N.N#Cc1c(N)ccc2sc(S(=O)(=O)NC(c3ccccc3)P(=O)(O)O)c(F)c12. The van der Waals surface area contributed by atoms with Gasteiger partial charge in [0.1, 0.15) is 11.9 Å². The summed E-state index contributed by atoms with van der Waals surface area (Å²) in [5.41, 5.74) is 5.44. The summed E-state index contributed by atoms with van der Waals surface area (Å²) in [6, 6.07) is 11.7. The Kier molecular flexibility index (Phi) is 7.84. The van der Waals surface area contributed by atoms with Crippen molar-refractivity contribution in [3.05, 3.63) is 59.4 Å². The van der Waals surface area contributed by atoms with Crippen molar-refractivity contribution in [2.24, 2.45) is 0 Å². The van der Waals surface area contributed by atoms with Crippen LogP contribution in [-0.4, -0.2) is 18.2 Å². The van der Waals surface area contributed by atoms with Gasteiger partial charge in [-0.05, 0) is 17.7 Å². The van der Waals surface area contributed by atoms with Crippen LogP contribution in [0.2, 0.25) is 0 Å². The number of nitriles is 1. The van der Waals surface area contributed by atoms with Crippen LogP contribution in [0, 0.1) is 17.1 Å². The summed E-state index contributed by atoms with van der Waals surface area (Å²) in [4.78, 5) is 19.2. The van der Waals surface area contributed by atoms with Crippen LogP contribution in [0.25, 0.3) is 10.1 Å². The van der Waals surface area contributed by atoms with Crippen molar-refractivity contribution in [1.29, 1.82) is 5.26 Å². The van der Waals surface area contributed by atoms with Crippen LogP contribution in [0.15, 0.2) is 46.7 Å². The van der Waals surface area contributed by atoms with Crippen molar-refractivity contribution < 1.29 is 27.2 Å². The normalized spacial score (nSPS) is 12.5. The molecular formula is C16H19FN5O5PS2. The second-order valence-corrected chi connectivity index (χ2v) is 10.4. The first-order valence-electron chi connectivity index (χ1n) is 7.59. The van der Waals surface area contributed by atoms with E-state index in [9.17, 15) is 32.4 Å². The van der Waals surface area contributed by atoms with Crippen LogP contribution in [0.1, 0.15) is 16.9 Å². The van der Waals surface area contributed by atoms with E-state index in [0.29, 0.717) is 11.3 Å². The zero-order valence-electron chi connectivity index (χ0n) is 15.3. The molecule has 0 aliphatic carbocycles. The number of sulfonamides is 1. The van der Waals surface area contributed by atoms with Crippen molar-refractivity contribution in [3.63, 3.8) is 0 Å². The molecule has 1 aromatic heterocycles. The summed E-state index contributed by atoms with van der Waals surface area (Å²) < 4.78 is 53.5. The minimum atomic E-state index is -4.97. The van der Waals surface area contributed by atoms with Crippen molar-refractivity contribution >= 4 is 44.7 Å². The third-order valence-corrected chi connectivity index (χ3v) is 8.20. The minimum absolute atomic E-state index is 0. The molecule has 3 aromatic rings. The molecule has 0 radical (unpaired) electrons. The number of hydrogen-bond acceptors (Lipinski definition) is 8. The maximum absolute atomic E-state index is 14.9. The second kappa shape index (κ2) is 9.17. The fourth-order valence-corrected chi connectivity index (χ4v) is 6.68. The fourth-order valence-electron chi connectivity index (χ4n) is 2.61. The number of rotatable bonds is 5. The smallest absolute Gasteiger partial charge is 0.347 e. The summed E-state index contributed by atoms with van der Waals surface area (Å²) in [5.74, 6) is -3.10. The third-order valence-electron chi connectivity index (χ3n) is 3.88. The molecule has 0 bridgehead atoms. The Bertz CT molecular complexity index is 1250. The van der Waals surface area contributed by atoms with Gasteiger partial charge in [0.2, 0.25) is 0 Å². The molecule has 1 unspecified atom stereocenters. The predicted octanol–water partition coefficient (Wildman–Crippen LogP) is 2.97. The van der Waals surface area contributed by atoms with Gasteiger partial charge >= 0.3 is 7.60 Å². The lowest BCUT2D eigenvalue weighted by Crippen LogP contribution is -2.28. The lowest BCUT2D eigenvalue weighted by molar-refractivity contribution is 0.355. The summed E-state index contributed by atoms with van der Waals surface area (Å²) in [5, 5.41) is 8.94. The van der Waals surface area contributed by atoms with E-state index >= 15 is 0 Å². The molecule has 0 amide bonds. The van der Waals surface area contributed by atoms with E-state index < -0.39 is 33.4 Å². The van der Waals surface area contributed by atoms with Gasteiger partial charge in [0.05, 0.1) is 11.3 Å². The quantitative estimate of drug-likeness (QED) is 0.235. The number of fused-ring (bicyclic) bond motifs is 1. The van der Waals surface area contributed by atoms with Gasteiger partial charge in [-0.3, -0.25) is 4.57 Å². The molecule has 1 heterocycles. The summed E-state index contributed by atoms with van der Waals surface area (Å²) in [6.45, 7) is 0. The van der Waals surface area contributed by atoms with E-state index in [1.165, 1.54) is 36.4 Å². The Morgan fingerprint density at radius 2 is 1.77 bits per heavy atom. The first kappa shape index (κ1) is 25.6. The van der Waals surface area contributed by atoms with Crippen molar-refractivity contribution in [2.45, 2.75) is 9.99 Å². The lowest BCUT2D eigenvalue weighted by atomic mass is 10.1. The third kappa shape index (κ3) is 4.67. The van der Waals surface area contributed by atoms with Gasteiger partial charge in [0, 0.05) is 10.1 Å². The highest BCUT2D eigenvalue weighted by Crippen LogP contribution is 2.51. The fraction of sp³-hybridized carbons (Fsp3) is 0.0625. The van der Waals surface area contributed by atoms with Crippen molar-refractivity contribution in [1.82, 2.24) is 17.0 Å². The van der Waals surface area contributed by atoms with Crippen LogP contribution in [-0.2, 0) is 14.6 Å². The molecule has 0 aliphatic rings. The molecule has 3 rings (SSSR count). The average Bonchev–Trinajstić information content (AvgIpc) is 2.97. The molecule has 0 aliphatic heterocycles. The van der Waals surface area contributed by atoms with Crippen LogP contribution in [0.4, 0.5) is 10.1 Å². The first-order chi connectivity index (χ1) is 13.1. The number of halogens is 1.